The summed E-state index contributed by atoms with van der Waals surface area (Å²) < 4.78 is 5.38. The van der Waals surface area contributed by atoms with Gasteiger partial charge in [-0.2, -0.15) is 0 Å². The second kappa shape index (κ2) is 6.04. The monoisotopic (exact) mass is 258 g/mol. The second-order valence-electron chi connectivity index (χ2n) is 4.09. The zero-order valence-corrected chi connectivity index (χ0v) is 11.4. The number of ether oxygens (including phenoxy) is 1. The third kappa shape index (κ3) is 3.34. The molecule has 0 spiro atoms. The van der Waals surface area contributed by atoms with Crippen molar-refractivity contribution in [1.82, 2.24) is 9.97 Å². The molecule has 19 heavy (non-hydrogen) atoms. The molecule has 0 aliphatic rings. The van der Waals surface area contributed by atoms with E-state index in [1.165, 1.54) is 0 Å². The number of methoxy groups -OCH3 is 1. The van der Waals surface area contributed by atoms with Crippen LogP contribution in [0.15, 0.2) is 30.5 Å². The lowest BCUT2D eigenvalue weighted by atomic mass is 10.2. The van der Waals surface area contributed by atoms with Gasteiger partial charge in [0.05, 0.1) is 12.8 Å². The van der Waals surface area contributed by atoms with Crippen molar-refractivity contribution in [2.45, 2.75) is 13.8 Å². The van der Waals surface area contributed by atoms with Gasteiger partial charge in [-0.15, -0.1) is 0 Å². The first-order valence-corrected chi connectivity index (χ1v) is 6.21. The van der Waals surface area contributed by atoms with Crippen molar-refractivity contribution in [3.63, 3.8) is 0 Å². The smallest absolute Gasteiger partial charge is 0.227 e. The molecule has 0 saturated carbocycles. The fourth-order valence-corrected chi connectivity index (χ4v) is 1.74. The summed E-state index contributed by atoms with van der Waals surface area (Å²) in [6.07, 6.45) is 1.73. The third-order valence-corrected chi connectivity index (χ3v) is 2.62. The predicted octanol–water partition coefficient (Wildman–Crippen LogP) is 2.97. The highest BCUT2D eigenvalue weighted by Gasteiger charge is 2.06. The molecular formula is C14H18N4O. The number of nitrogens with one attached hydrogen (secondary N) is 2. The fraction of sp³-hybridized carbons (Fsp3) is 0.286. The van der Waals surface area contributed by atoms with Crippen molar-refractivity contribution in [3.05, 3.63) is 36.2 Å². The maximum atomic E-state index is 5.38. The molecule has 0 bridgehead atoms. The predicted molar refractivity (Wildman–Crippen MR) is 77.2 cm³/mol. The van der Waals surface area contributed by atoms with E-state index >= 15 is 0 Å². The number of benzene rings is 1. The molecule has 100 valence electrons. The molecule has 1 aromatic carbocycles. The van der Waals surface area contributed by atoms with Gasteiger partial charge in [0.15, 0.2) is 0 Å². The summed E-state index contributed by atoms with van der Waals surface area (Å²) in [6.45, 7) is 4.86. The Hall–Kier alpha value is -2.30. The van der Waals surface area contributed by atoms with E-state index in [4.69, 9.17) is 4.74 Å². The van der Waals surface area contributed by atoms with E-state index in [0.717, 1.165) is 29.4 Å². The summed E-state index contributed by atoms with van der Waals surface area (Å²) >= 11 is 0. The van der Waals surface area contributed by atoms with Gasteiger partial charge in [0, 0.05) is 30.2 Å². The van der Waals surface area contributed by atoms with Gasteiger partial charge >= 0.3 is 0 Å². The Kier molecular flexibility index (Phi) is 4.18. The lowest BCUT2D eigenvalue weighted by molar-refractivity contribution is 0.417. The molecule has 0 amide bonds. The van der Waals surface area contributed by atoms with Crippen LogP contribution >= 0.6 is 0 Å². The van der Waals surface area contributed by atoms with E-state index < -0.39 is 0 Å². The molecule has 0 unspecified atom stereocenters. The Balaban J connectivity index is 2.24. The van der Waals surface area contributed by atoms with Crippen LogP contribution in [-0.4, -0.2) is 23.6 Å². The van der Waals surface area contributed by atoms with Gasteiger partial charge in [0.1, 0.15) is 5.75 Å². The molecule has 0 fully saturated rings. The molecule has 2 N–H and O–H groups in total. The van der Waals surface area contributed by atoms with Crippen molar-refractivity contribution in [2.24, 2.45) is 0 Å². The second-order valence-corrected chi connectivity index (χ2v) is 4.09. The summed E-state index contributed by atoms with van der Waals surface area (Å²) in [6, 6.07) is 7.74. The van der Waals surface area contributed by atoms with Gasteiger partial charge in [0.25, 0.3) is 0 Å². The van der Waals surface area contributed by atoms with Crippen LogP contribution in [-0.2, 0) is 0 Å². The van der Waals surface area contributed by atoms with Gasteiger partial charge in [-0.05, 0) is 32.0 Å². The minimum Gasteiger partial charge on any atom is -0.494 e. The largest absolute Gasteiger partial charge is 0.494 e. The minimum absolute atomic E-state index is 0.564. The Bertz CT molecular complexity index is 557. The van der Waals surface area contributed by atoms with E-state index in [9.17, 15) is 0 Å². The highest BCUT2D eigenvalue weighted by atomic mass is 16.5. The van der Waals surface area contributed by atoms with Gasteiger partial charge in [-0.1, -0.05) is 0 Å². The Morgan fingerprint density at radius 1 is 1.26 bits per heavy atom. The first-order chi connectivity index (χ1) is 9.22. The minimum atomic E-state index is 0.564. The molecule has 0 saturated heterocycles. The highest BCUT2D eigenvalue weighted by molar-refractivity contribution is 5.67. The van der Waals surface area contributed by atoms with Gasteiger partial charge in [-0.3, -0.25) is 0 Å². The Morgan fingerprint density at radius 2 is 2.11 bits per heavy atom. The number of aryl methyl sites for hydroxylation is 1. The topological polar surface area (TPSA) is 59.1 Å². The average Bonchev–Trinajstić information content (AvgIpc) is 2.41. The van der Waals surface area contributed by atoms with Crippen molar-refractivity contribution < 1.29 is 4.74 Å². The summed E-state index contributed by atoms with van der Waals surface area (Å²) in [5.41, 5.74) is 2.78. The molecule has 0 aliphatic heterocycles. The zero-order valence-electron chi connectivity index (χ0n) is 11.4. The number of nitrogens with zero attached hydrogens (tertiary/aromatic N) is 2. The molecule has 5 heteroatoms. The van der Waals surface area contributed by atoms with Gasteiger partial charge < -0.3 is 15.4 Å². The molecule has 0 radical (unpaired) electrons. The fourth-order valence-electron chi connectivity index (χ4n) is 1.74. The molecular weight excluding hydrogens is 240 g/mol. The maximum absolute atomic E-state index is 5.38. The van der Waals surface area contributed by atoms with E-state index in [-0.39, 0.29) is 0 Å². The lowest BCUT2D eigenvalue weighted by Gasteiger charge is -2.12. The summed E-state index contributed by atoms with van der Waals surface area (Å²) in [5.74, 6) is 1.32. The quantitative estimate of drug-likeness (QED) is 0.863. The number of rotatable bonds is 5. The summed E-state index contributed by atoms with van der Waals surface area (Å²) in [7, 11) is 1.65. The van der Waals surface area contributed by atoms with Crippen LogP contribution in [0.4, 0.5) is 17.3 Å². The first kappa shape index (κ1) is 13.1. The molecule has 2 rings (SSSR count). The molecule has 1 heterocycles. The van der Waals surface area contributed by atoms with E-state index in [1.807, 2.05) is 31.2 Å². The molecule has 0 aliphatic carbocycles. The van der Waals surface area contributed by atoms with Crippen LogP contribution in [0.5, 0.6) is 5.75 Å². The van der Waals surface area contributed by atoms with Crippen LogP contribution < -0.4 is 15.4 Å². The first-order valence-electron chi connectivity index (χ1n) is 6.21. The van der Waals surface area contributed by atoms with Crippen molar-refractivity contribution in [1.29, 1.82) is 0 Å². The highest BCUT2D eigenvalue weighted by Crippen LogP contribution is 2.29. The zero-order chi connectivity index (χ0) is 13.7. The maximum Gasteiger partial charge on any atom is 0.227 e. The van der Waals surface area contributed by atoms with Crippen molar-refractivity contribution >= 4 is 17.3 Å². The Labute approximate surface area is 113 Å². The molecule has 5 nitrogen and oxygen atoms in total. The van der Waals surface area contributed by atoms with Crippen LogP contribution in [0.3, 0.4) is 0 Å². The standard InChI is InChI=1S/C14H18N4O/c1-4-15-11-5-6-12(13(9-11)19-3)18-14-16-8-7-10(2)17-14/h5-9,15H,4H2,1-3H3,(H,16,17,18). The van der Waals surface area contributed by atoms with E-state index in [2.05, 4.69) is 27.5 Å². The van der Waals surface area contributed by atoms with Crippen molar-refractivity contribution in [3.8, 4) is 5.75 Å². The normalized spacial score (nSPS) is 10.1. The van der Waals surface area contributed by atoms with Crippen LogP contribution in [0.25, 0.3) is 0 Å². The molecule has 1 aromatic heterocycles. The van der Waals surface area contributed by atoms with Crippen LogP contribution in [0, 0.1) is 6.92 Å². The number of hydrogen-bond acceptors (Lipinski definition) is 5. The van der Waals surface area contributed by atoms with Crippen molar-refractivity contribution in [2.75, 3.05) is 24.3 Å². The van der Waals surface area contributed by atoms with Crippen LogP contribution in [0.1, 0.15) is 12.6 Å². The van der Waals surface area contributed by atoms with Gasteiger partial charge in [-0.25, -0.2) is 9.97 Å². The third-order valence-electron chi connectivity index (χ3n) is 2.62. The number of aromatic nitrogens is 2. The van der Waals surface area contributed by atoms with E-state index in [1.54, 1.807) is 13.3 Å². The van der Waals surface area contributed by atoms with E-state index in [0.29, 0.717) is 5.95 Å². The Morgan fingerprint density at radius 3 is 2.79 bits per heavy atom. The van der Waals surface area contributed by atoms with Gasteiger partial charge in [0.2, 0.25) is 5.95 Å². The average molecular weight is 258 g/mol. The summed E-state index contributed by atoms with van der Waals surface area (Å²) in [5, 5.41) is 6.40. The molecule has 0 atom stereocenters. The summed E-state index contributed by atoms with van der Waals surface area (Å²) in [4.78, 5) is 8.48. The SMILES string of the molecule is CCNc1ccc(Nc2nccc(C)n2)c(OC)c1. The molecule has 2 aromatic rings. The number of anilines is 3. The lowest BCUT2D eigenvalue weighted by Crippen LogP contribution is -2.01. The van der Waals surface area contributed by atoms with Crippen LogP contribution in [0.2, 0.25) is 0 Å². The number of hydrogen-bond donors (Lipinski definition) is 2.